The molecule has 0 aliphatic heterocycles. The van der Waals surface area contributed by atoms with Gasteiger partial charge in [-0.25, -0.2) is 0 Å². The second kappa shape index (κ2) is 7.30. The molecule has 3 heteroatoms. The van der Waals surface area contributed by atoms with Crippen LogP contribution in [0.4, 0.5) is 0 Å². The van der Waals surface area contributed by atoms with Crippen LogP contribution in [-0.2, 0) is 0 Å². The van der Waals surface area contributed by atoms with E-state index in [1.54, 1.807) is 0 Å². The van der Waals surface area contributed by atoms with E-state index in [2.05, 4.69) is 24.4 Å². The van der Waals surface area contributed by atoms with E-state index in [1.165, 1.54) is 5.56 Å². The summed E-state index contributed by atoms with van der Waals surface area (Å²) < 4.78 is 5.58. The lowest BCUT2D eigenvalue weighted by Crippen LogP contribution is -2.15. The third kappa shape index (κ3) is 4.36. The molecule has 1 aromatic carbocycles. The second-order valence-corrected chi connectivity index (χ2v) is 4.42. The predicted molar refractivity (Wildman–Crippen MR) is 70.3 cm³/mol. The van der Waals surface area contributed by atoms with Crippen molar-refractivity contribution in [3.8, 4) is 5.75 Å². The predicted octanol–water partition coefficient (Wildman–Crippen LogP) is 2.36. The molecule has 0 bridgehead atoms. The summed E-state index contributed by atoms with van der Waals surface area (Å²) >= 11 is 0. The van der Waals surface area contributed by atoms with Gasteiger partial charge in [-0.3, -0.25) is 0 Å². The van der Waals surface area contributed by atoms with Crippen LogP contribution >= 0.6 is 0 Å². The van der Waals surface area contributed by atoms with Crippen molar-refractivity contribution in [2.24, 2.45) is 5.92 Å². The standard InChI is InChI=1S/C14H23NO2/c1-4-14(15-3)12-5-7-13(8-6-12)17-10-11(2)9-16/h5-8,11,14-16H,4,9-10H2,1-3H3. The van der Waals surface area contributed by atoms with Crippen molar-refractivity contribution in [2.45, 2.75) is 26.3 Å². The number of hydrogen-bond acceptors (Lipinski definition) is 3. The van der Waals surface area contributed by atoms with Crippen molar-refractivity contribution >= 4 is 0 Å². The Morgan fingerprint density at radius 1 is 1.29 bits per heavy atom. The molecule has 0 aliphatic carbocycles. The maximum atomic E-state index is 8.91. The summed E-state index contributed by atoms with van der Waals surface area (Å²) in [5.74, 6) is 1.04. The van der Waals surface area contributed by atoms with Crippen molar-refractivity contribution in [3.63, 3.8) is 0 Å². The van der Waals surface area contributed by atoms with E-state index in [9.17, 15) is 0 Å². The quantitative estimate of drug-likeness (QED) is 0.765. The fourth-order valence-corrected chi connectivity index (χ4v) is 1.69. The lowest BCUT2D eigenvalue weighted by atomic mass is 10.0. The van der Waals surface area contributed by atoms with Crippen LogP contribution in [-0.4, -0.2) is 25.4 Å². The molecule has 2 unspecified atom stereocenters. The third-order valence-corrected chi connectivity index (χ3v) is 2.89. The maximum Gasteiger partial charge on any atom is 0.119 e. The molecule has 17 heavy (non-hydrogen) atoms. The zero-order valence-electron chi connectivity index (χ0n) is 10.9. The average molecular weight is 237 g/mol. The maximum absolute atomic E-state index is 8.91. The van der Waals surface area contributed by atoms with Gasteiger partial charge in [0.1, 0.15) is 5.75 Å². The van der Waals surface area contributed by atoms with Crippen LogP contribution in [0.5, 0.6) is 5.75 Å². The number of rotatable bonds is 7. The zero-order chi connectivity index (χ0) is 12.7. The molecule has 0 radical (unpaired) electrons. The molecule has 0 aliphatic rings. The topological polar surface area (TPSA) is 41.5 Å². The van der Waals surface area contributed by atoms with Gasteiger partial charge >= 0.3 is 0 Å². The van der Waals surface area contributed by atoms with Gasteiger partial charge in [-0.1, -0.05) is 26.0 Å². The summed E-state index contributed by atoms with van der Waals surface area (Å²) in [6.07, 6.45) is 1.07. The number of benzene rings is 1. The lowest BCUT2D eigenvalue weighted by molar-refractivity contribution is 0.174. The molecule has 0 amide bonds. The molecule has 0 fully saturated rings. The van der Waals surface area contributed by atoms with E-state index in [0.717, 1.165) is 12.2 Å². The SMILES string of the molecule is CCC(NC)c1ccc(OCC(C)CO)cc1. The Morgan fingerprint density at radius 2 is 1.94 bits per heavy atom. The van der Waals surface area contributed by atoms with Gasteiger partial charge in [0.15, 0.2) is 0 Å². The molecule has 0 saturated carbocycles. The van der Waals surface area contributed by atoms with Gasteiger partial charge in [0.05, 0.1) is 6.61 Å². The highest BCUT2D eigenvalue weighted by Crippen LogP contribution is 2.20. The van der Waals surface area contributed by atoms with Crippen LogP contribution < -0.4 is 10.1 Å². The molecule has 2 atom stereocenters. The van der Waals surface area contributed by atoms with E-state index in [-0.39, 0.29) is 12.5 Å². The van der Waals surface area contributed by atoms with Crippen molar-refractivity contribution in [1.82, 2.24) is 5.32 Å². The van der Waals surface area contributed by atoms with E-state index in [4.69, 9.17) is 9.84 Å². The Morgan fingerprint density at radius 3 is 2.41 bits per heavy atom. The highest BCUT2D eigenvalue weighted by molar-refractivity contribution is 5.29. The summed E-state index contributed by atoms with van der Waals surface area (Å²) in [5.41, 5.74) is 1.28. The second-order valence-electron chi connectivity index (χ2n) is 4.42. The van der Waals surface area contributed by atoms with E-state index < -0.39 is 0 Å². The van der Waals surface area contributed by atoms with Gasteiger partial charge < -0.3 is 15.2 Å². The summed E-state index contributed by atoms with van der Waals surface area (Å²) in [7, 11) is 1.97. The number of ether oxygens (including phenoxy) is 1. The van der Waals surface area contributed by atoms with Gasteiger partial charge in [-0.2, -0.15) is 0 Å². The molecular weight excluding hydrogens is 214 g/mol. The lowest BCUT2D eigenvalue weighted by Gasteiger charge is -2.15. The van der Waals surface area contributed by atoms with Crippen LogP contribution in [0.3, 0.4) is 0 Å². The van der Waals surface area contributed by atoms with Crippen molar-refractivity contribution in [1.29, 1.82) is 0 Å². The number of aliphatic hydroxyl groups is 1. The van der Waals surface area contributed by atoms with Gasteiger partial charge in [-0.15, -0.1) is 0 Å². The minimum atomic E-state index is 0.162. The molecular formula is C14H23NO2. The molecule has 3 nitrogen and oxygen atoms in total. The van der Waals surface area contributed by atoms with Crippen LogP contribution in [0.1, 0.15) is 31.9 Å². The first-order valence-electron chi connectivity index (χ1n) is 6.22. The summed E-state index contributed by atoms with van der Waals surface area (Å²) in [6, 6.07) is 8.55. The molecule has 0 aromatic heterocycles. The highest BCUT2D eigenvalue weighted by atomic mass is 16.5. The highest BCUT2D eigenvalue weighted by Gasteiger charge is 2.06. The monoisotopic (exact) mass is 237 g/mol. The third-order valence-electron chi connectivity index (χ3n) is 2.89. The number of nitrogens with one attached hydrogen (secondary N) is 1. The smallest absolute Gasteiger partial charge is 0.119 e. The largest absolute Gasteiger partial charge is 0.493 e. The Balaban J connectivity index is 2.55. The van der Waals surface area contributed by atoms with Crippen molar-refractivity contribution in [2.75, 3.05) is 20.3 Å². The Hall–Kier alpha value is -1.06. The number of hydrogen-bond donors (Lipinski definition) is 2. The van der Waals surface area contributed by atoms with Crippen LogP contribution in [0.2, 0.25) is 0 Å². The van der Waals surface area contributed by atoms with Crippen LogP contribution in [0.25, 0.3) is 0 Å². The van der Waals surface area contributed by atoms with Gasteiger partial charge in [0.2, 0.25) is 0 Å². The molecule has 0 spiro atoms. The molecule has 1 rings (SSSR count). The first kappa shape index (κ1) is 14.0. The van der Waals surface area contributed by atoms with Gasteiger partial charge in [-0.05, 0) is 31.2 Å². The molecule has 2 N–H and O–H groups in total. The minimum absolute atomic E-state index is 0.162. The van der Waals surface area contributed by atoms with Crippen molar-refractivity contribution in [3.05, 3.63) is 29.8 Å². The minimum Gasteiger partial charge on any atom is -0.493 e. The first-order chi connectivity index (χ1) is 8.21. The molecule has 0 heterocycles. The van der Waals surface area contributed by atoms with E-state index >= 15 is 0 Å². The fraction of sp³-hybridized carbons (Fsp3) is 0.571. The van der Waals surface area contributed by atoms with E-state index in [1.807, 2.05) is 26.1 Å². The first-order valence-corrected chi connectivity index (χ1v) is 6.22. The Labute approximate surface area is 104 Å². The summed E-state index contributed by atoms with van der Waals surface area (Å²) in [5, 5.41) is 12.2. The normalized spacial score (nSPS) is 14.4. The van der Waals surface area contributed by atoms with Crippen LogP contribution in [0.15, 0.2) is 24.3 Å². The van der Waals surface area contributed by atoms with Gasteiger partial charge in [0.25, 0.3) is 0 Å². The van der Waals surface area contributed by atoms with E-state index in [0.29, 0.717) is 12.6 Å². The molecule has 96 valence electrons. The Bertz CT molecular complexity index is 307. The molecule has 1 aromatic rings. The van der Waals surface area contributed by atoms with Crippen molar-refractivity contribution < 1.29 is 9.84 Å². The summed E-state index contributed by atoms with van der Waals surface area (Å²) in [6.45, 7) is 4.84. The average Bonchev–Trinajstić information content (AvgIpc) is 2.38. The van der Waals surface area contributed by atoms with Crippen LogP contribution in [0, 0.1) is 5.92 Å². The Kier molecular flexibility index (Phi) is 6.01. The summed E-state index contributed by atoms with van der Waals surface area (Å²) in [4.78, 5) is 0. The zero-order valence-corrected chi connectivity index (χ0v) is 10.9. The molecule has 0 saturated heterocycles. The van der Waals surface area contributed by atoms with Gasteiger partial charge in [0, 0.05) is 18.6 Å². The number of aliphatic hydroxyl groups excluding tert-OH is 1. The fourth-order valence-electron chi connectivity index (χ4n) is 1.69.